The first-order chi connectivity index (χ1) is 20.8. The molecule has 0 N–H and O–H groups in total. The van der Waals surface area contributed by atoms with Crippen LogP contribution in [0.1, 0.15) is 0 Å². The molecule has 1 aliphatic rings. The molecule has 0 saturated heterocycles. The minimum absolute atomic E-state index is 0.913. The molecule has 2 nitrogen and oxygen atoms in total. The van der Waals surface area contributed by atoms with Gasteiger partial charge in [0.25, 0.3) is 0 Å². The number of ether oxygens (including phenoxy) is 1. The van der Waals surface area contributed by atoms with Gasteiger partial charge < -0.3 is 9.15 Å². The van der Waals surface area contributed by atoms with Crippen molar-refractivity contribution in [3.63, 3.8) is 0 Å². The van der Waals surface area contributed by atoms with E-state index < -0.39 is 0 Å². The molecule has 196 valence electrons. The molecule has 0 saturated carbocycles. The van der Waals surface area contributed by atoms with Crippen molar-refractivity contribution in [2.24, 2.45) is 0 Å². The molecule has 0 unspecified atom stereocenters. The maximum Gasteiger partial charge on any atom is 0.135 e. The van der Waals surface area contributed by atoms with Gasteiger partial charge in [0, 0.05) is 21.7 Å². The summed E-state index contributed by atoms with van der Waals surface area (Å²) < 4.78 is 12.3. The Morgan fingerprint density at radius 3 is 1.79 bits per heavy atom. The van der Waals surface area contributed by atoms with Gasteiger partial charge in [-0.05, 0) is 74.7 Å². The van der Waals surface area contributed by atoms with Crippen molar-refractivity contribution in [2.75, 3.05) is 0 Å². The Bertz CT molecular complexity index is 2310. The van der Waals surface area contributed by atoms with E-state index in [1.54, 1.807) is 0 Å². The number of fused-ring (bicyclic) bond motifs is 5. The van der Waals surface area contributed by atoms with Crippen LogP contribution in [0.25, 0.3) is 77.2 Å². The van der Waals surface area contributed by atoms with Crippen LogP contribution in [0.5, 0.6) is 11.5 Å². The summed E-state index contributed by atoms with van der Waals surface area (Å²) in [6.45, 7) is 0. The highest BCUT2D eigenvalue weighted by Crippen LogP contribution is 2.48. The van der Waals surface area contributed by atoms with E-state index in [1.807, 2.05) is 24.3 Å². The lowest BCUT2D eigenvalue weighted by Crippen LogP contribution is -1.97. The number of rotatable bonds is 3. The molecule has 7 aromatic carbocycles. The number of hydrogen-bond acceptors (Lipinski definition) is 2. The van der Waals surface area contributed by atoms with Gasteiger partial charge in [0.05, 0.1) is 0 Å². The van der Waals surface area contributed by atoms with Crippen LogP contribution in [-0.4, -0.2) is 0 Å². The maximum atomic E-state index is 6.29. The summed E-state index contributed by atoms with van der Waals surface area (Å²) in [5, 5.41) is 4.69. The molecule has 1 aromatic heterocycles. The fraction of sp³-hybridized carbons (Fsp3) is 0. The van der Waals surface area contributed by atoms with Gasteiger partial charge in [-0.2, -0.15) is 0 Å². The lowest BCUT2D eigenvalue weighted by Gasteiger charge is -2.22. The summed E-state index contributed by atoms with van der Waals surface area (Å²) in [4.78, 5) is 0. The molecule has 0 bridgehead atoms. The topological polar surface area (TPSA) is 22.4 Å². The summed E-state index contributed by atoms with van der Waals surface area (Å²) >= 11 is 0. The van der Waals surface area contributed by atoms with Crippen LogP contribution in [0.3, 0.4) is 0 Å². The third kappa shape index (κ3) is 3.52. The second kappa shape index (κ2) is 8.95. The van der Waals surface area contributed by atoms with Gasteiger partial charge in [-0.25, -0.2) is 0 Å². The smallest absolute Gasteiger partial charge is 0.135 e. The second-order valence-corrected chi connectivity index (χ2v) is 10.9. The number of benzene rings is 7. The van der Waals surface area contributed by atoms with E-state index in [0.29, 0.717) is 0 Å². The lowest BCUT2D eigenvalue weighted by molar-refractivity contribution is 0.487. The molecule has 2 heteroatoms. The molecule has 9 rings (SSSR count). The normalized spacial score (nSPS) is 12.0. The lowest BCUT2D eigenvalue weighted by atomic mass is 9.90. The molecule has 8 aromatic rings. The van der Waals surface area contributed by atoms with Crippen LogP contribution in [0.4, 0.5) is 0 Å². The van der Waals surface area contributed by atoms with E-state index in [4.69, 9.17) is 9.15 Å². The Kier molecular flexibility index (Phi) is 4.93. The molecule has 0 amide bonds. The van der Waals surface area contributed by atoms with E-state index in [2.05, 4.69) is 121 Å². The highest BCUT2D eigenvalue weighted by Gasteiger charge is 2.21. The van der Waals surface area contributed by atoms with E-state index in [9.17, 15) is 0 Å². The first-order valence-electron chi connectivity index (χ1n) is 14.3. The summed E-state index contributed by atoms with van der Waals surface area (Å²) in [7, 11) is 0. The van der Waals surface area contributed by atoms with Gasteiger partial charge >= 0.3 is 0 Å². The molecule has 0 radical (unpaired) electrons. The minimum atomic E-state index is 0.913. The summed E-state index contributed by atoms with van der Waals surface area (Å²) in [5.74, 6) is 1.83. The standard InChI is InChI=1S/C40H24O2/c1-3-10-36-31(6-1)34-9-5-8-33-30(21-23-39(42-36)40(33)34)28-18-16-26(17-19-28)25-12-14-27(15-13-25)29-20-22-38-35(24-29)32-7-2-4-11-37(32)41-38/h1-24H. The average molecular weight is 537 g/mol. The molecule has 42 heavy (non-hydrogen) atoms. The van der Waals surface area contributed by atoms with Crippen molar-refractivity contribution >= 4 is 32.7 Å². The van der Waals surface area contributed by atoms with Crippen LogP contribution in [0.2, 0.25) is 0 Å². The molecular formula is C40H24O2. The quantitative estimate of drug-likeness (QED) is 0.224. The Morgan fingerprint density at radius 2 is 0.952 bits per heavy atom. The number of hydrogen-bond donors (Lipinski definition) is 0. The molecule has 0 spiro atoms. The van der Waals surface area contributed by atoms with Crippen LogP contribution < -0.4 is 4.74 Å². The van der Waals surface area contributed by atoms with Crippen molar-refractivity contribution in [2.45, 2.75) is 0 Å². The van der Waals surface area contributed by atoms with Gasteiger partial charge in [-0.15, -0.1) is 0 Å². The first kappa shape index (κ1) is 23.1. The average Bonchev–Trinajstić information content (AvgIpc) is 3.43. The van der Waals surface area contributed by atoms with Gasteiger partial charge in [0.1, 0.15) is 22.7 Å². The predicted molar refractivity (Wildman–Crippen MR) is 173 cm³/mol. The molecule has 0 aliphatic carbocycles. The first-order valence-corrected chi connectivity index (χ1v) is 14.3. The van der Waals surface area contributed by atoms with Gasteiger partial charge in [-0.3, -0.25) is 0 Å². The Balaban J connectivity index is 1.05. The van der Waals surface area contributed by atoms with Crippen molar-refractivity contribution in [3.8, 4) is 56.0 Å². The SMILES string of the molecule is c1ccc2c(c1)Oc1ccc(-c3ccc(-c4ccc(-c5ccc6oc7ccccc7c6c5)cc4)cc3)c3cccc-2c13. The highest BCUT2D eigenvalue weighted by atomic mass is 16.5. The predicted octanol–water partition coefficient (Wildman–Crippen LogP) is 11.5. The molecule has 2 heterocycles. The Labute approximate surface area is 243 Å². The van der Waals surface area contributed by atoms with Crippen molar-refractivity contribution < 1.29 is 9.15 Å². The minimum Gasteiger partial charge on any atom is -0.456 e. The highest BCUT2D eigenvalue weighted by molar-refractivity contribution is 6.10. The largest absolute Gasteiger partial charge is 0.456 e. The zero-order valence-electron chi connectivity index (χ0n) is 22.7. The third-order valence-corrected chi connectivity index (χ3v) is 8.52. The second-order valence-electron chi connectivity index (χ2n) is 10.9. The molecular weight excluding hydrogens is 512 g/mol. The van der Waals surface area contributed by atoms with Gasteiger partial charge in [0.15, 0.2) is 0 Å². The fourth-order valence-corrected chi connectivity index (χ4v) is 6.44. The van der Waals surface area contributed by atoms with E-state index in [0.717, 1.165) is 39.0 Å². The van der Waals surface area contributed by atoms with Crippen LogP contribution in [-0.2, 0) is 0 Å². The summed E-state index contributed by atoms with van der Waals surface area (Å²) in [5.41, 5.74) is 11.4. The summed E-state index contributed by atoms with van der Waals surface area (Å²) in [6.07, 6.45) is 0. The van der Waals surface area contributed by atoms with Crippen molar-refractivity contribution in [3.05, 3.63) is 146 Å². The van der Waals surface area contributed by atoms with Crippen LogP contribution >= 0.6 is 0 Å². The van der Waals surface area contributed by atoms with E-state index >= 15 is 0 Å². The summed E-state index contributed by atoms with van der Waals surface area (Å²) in [6, 6.07) is 51.5. The van der Waals surface area contributed by atoms with Gasteiger partial charge in [0.2, 0.25) is 0 Å². The number of furan rings is 1. The van der Waals surface area contributed by atoms with Crippen LogP contribution in [0, 0.1) is 0 Å². The Morgan fingerprint density at radius 1 is 0.333 bits per heavy atom. The monoisotopic (exact) mass is 536 g/mol. The van der Waals surface area contributed by atoms with Crippen molar-refractivity contribution in [1.29, 1.82) is 0 Å². The maximum absolute atomic E-state index is 6.29. The zero-order chi connectivity index (χ0) is 27.6. The molecule has 1 aliphatic heterocycles. The molecule has 0 fully saturated rings. The Hall–Kier alpha value is -5.60. The van der Waals surface area contributed by atoms with Crippen molar-refractivity contribution in [1.82, 2.24) is 0 Å². The van der Waals surface area contributed by atoms with E-state index in [-0.39, 0.29) is 0 Å². The van der Waals surface area contributed by atoms with Gasteiger partial charge in [-0.1, -0.05) is 115 Å². The fourth-order valence-electron chi connectivity index (χ4n) is 6.44. The number of para-hydroxylation sites is 2. The molecule has 0 atom stereocenters. The van der Waals surface area contributed by atoms with Crippen LogP contribution in [0.15, 0.2) is 150 Å². The zero-order valence-corrected chi connectivity index (χ0v) is 22.7. The third-order valence-electron chi connectivity index (χ3n) is 8.52. The van der Waals surface area contributed by atoms with E-state index in [1.165, 1.54) is 49.7 Å².